The van der Waals surface area contributed by atoms with Crippen LogP contribution in [-0.4, -0.2) is 33.6 Å². The van der Waals surface area contributed by atoms with Crippen LogP contribution in [0.5, 0.6) is 0 Å². The number of aryl methyl sites for hydroxylation is 1. The van der Waals surface area contributed by atoms with Crippen molar-refractivity contribution in [3.05, 3.63) is 23.4 Å². The molecule has 2 heterocycles. The molecule has 1 fully saturated rings. The van der Waals surface area contributed by atoms with Gasteiger partial charge in [0.15, 0.2) is 0 Å². The lowest BCUT2D eigenvalue weighted by Crippen LogP contribution is -2.26. The Kier molecular flexibility index (Phi) is 3.89. The van der Waals surface area contributed by atoms with Crippen LogP contribution in [0.1, 0.15) is 28.9 Å². The normalized spacial score (nSPS) is 16.8. The van der Waals surface area contributed by atoms with E-state index >= 15 is 0 Å². The zero-order valence-electron chi connectivity index (χ0n) is 9.77. The molecule has 17 heavy (non-hydrogen) atoms. The minimum Gasteiger partial charge on any atom is -0.478 e. The fourth-order valence-corrected chi connectivity index (χ4v) is 2.98. The van der Waals surface area contributed by atoms with Gasteiger partial charge >= 0.3 is 5.97 Å². The van der Waals surface area contributed by atoms with Gasteiger partial charge in [-0.25, -0.2) is 9.78 Å². The third kappa shape index (κ3) is 3.12. The third-order valence-corrected chi connectivity index (χ3v) is 3.88. The van der Waals surface area contributed by atoms with Crippen LogP contribution >= 0.6 is 11.8 Å². The number of carboxylic acid groups (broad SMARTS) is 1. The van der Waals surface area contributed by atoms with Crippen LogP contribution in [0.25, 0.3) is 0 Å². The summed E-state index contributed by atoms with van der Waals surface area (Å²) in [4.78, 5) is 15.4. The van der Waals surface area contributed by atoms with E-state index in [1.165, 1.54) is 0 Å². The van der Waals surface area contributed by atoms with Crippen molar-refractivity contribution in [1.29, 1.82) is 0 Å². The van der Waals surface area contributed by atoms with Crippen molar-refractivity contribution >= 4 is 23.5 Å². The predicted molar refractivity (Wildman–Crippen MR) is 69.9 cm³/mol. The standard InChI is InChI=1S/C12H16N2O2S/c1-8-2-3-10(12(15)16)11(13-8)14-9-4-6-17-7-5-9/h2-3,9H,4-7H2,1H3,(H,13,14)(H,15,16). The van der Waals surface area contributed by atoms with Gasteiger partial charge in [-0.3, -0.25) is 0 Å². The summed E-state index contributed by atoms with van der Waals surface area (Å²) in [5.74, 6) is 1.84. The lowest BCUT2D eigenvalue weighted by atomic mass is 10.1. The minimum absolute atomic E-state index is 0.258. The van der Waals surface area contributed by atoms with Crippen LogP contribution in [0.15, 0.2) is 12.1 Å². The molecule has 1 aromatic rings. The largest absolute Gasteiger partial charge is 0.478 e. The van der Waals surface area contributed by atoms with Gasteiger partial charge in [-0.1, -0.05) is 0 Å². The first-order valence-corrected chi connectivity index (χ1v) is 6.87. The molecule has 0 aromatic carbocycles. The average molecular weight is 252 g/mol. The molecular formula is C12H16N2O2S. The molecule has 2 rings (SSSR count). The first-order valence-electron chi connectivity index (χ1n) is 5.72. The molecule has 0 unspecified atom stereocenters. The van der Waals surface area contributed by atoms with Gasteiger partial charge < -0.3 is 10.4 Å². The number of anilines is 1. The molecule has 0 bridgehead atoms. The molecule has 0 amide bonds. The van der Waals surface area contributed by atoms with E-state index in [1.54, 1.807) is 12.1 Å². The monoisotopic (exact) mass is 252 g/mol. The Balaban J connectivity index is 2.17. The maximum atomic E-state index is 11.1. The topological polar surface area (TPSA) is 62.2 Å². The van der Waals surface area contributed by atoms with E-state index in [9.17, 15) is 4.79 Å². The lowest BCUT2D eigenvalue weighted by Gasteiger charge is -2.23. The molecule has 0 spiro atoms. The van der Waals surface area contributed by atoms with E-state index in [1.807, 2.05) is 18.7 Å². The Labute approximate surface area is 105 Å². The Morgan fingerprint density at radius 3 is 2.82 bits per heavy atom. The summed E-state index contributed by atoms with van der Waals surface area (Å²) >= 11 is 1.95. The Morgan fingerprint density at radius 2 is 2.18 bits per heavy atom. The highest BCUT2D eigenvalue weighted by Gasteiger charge is 2.18. The number of thioether (sulfide) groups is 1. The Hall–Kier alpha value is -1.23. The fourth-order valence-electron chi connectivity index (χ4n) is 1.87. The number of hydrogen-bond donors (Lipinski definition) is 2. The van der Waals surface area contributed by atoms with Crippen molar-refractivity contribution in [1.82, 2.24) is 4.98 Å². The number of hydrogen-bond acceptors (Lipinski definition) is 4. The van der Waals surface area contributed by atoms with Crippen molar-refractivity contribution in [2.75, 3.05) is 16.8 Å². The predicted octanol–water partition coefficient (Wildman–Crippen LogP) is 2.40. The van der Waals surface area contributed by atoms with Crippen molar-refractivity contribution in [3.63, 3.8) is 0 Å². The smallest absolute Gasteiger partial charge is 0.339 e. The summed E-state index contributed by atoms with van der Waals surface area (Å²) in [6.07, 6.45) is 2.14. The number of nitrogens with one attached hydrogen (secondary N) is 1. The van der Waals surface area contributed by atoms with Gasteiger partial charge in [-0.05, 0) is 43.4 Å². The van der Waals surface area contributed by atoms with Crippen LogP contribution < -0.4 is 5.32 Å². The highest BCUT2D eigenvalue weighted by atomic mass is 32.2. The quantitative estimate of drug-likeness (QED) is 0.865. The average Bonchev–Trinajstić information content (AvgIpc) is 2.30. The SMILES string of the molecule is Cc1ccc(C(=O)O)c(NC2CCSCC2)n1. The van der Waals surface area contributed by atoms with E-state index < -0.39 is 5.97 Å². The molecule has 1 aliphatic heterocycles. The van der Waals surface area contributed by atoms with E-state index in [0.29, 0.717) is 11.9 Å². The molecule has 0 atom stereocenters. The van der Waals surface area contributed by atoms with E-state index in [0.717, 1.165) is 30.0 Å². The third-order valence-electron chi connectivity index (χ3n) is 2.83. The van der Waals surface area contributed by atoms with Gasteiger partial charge in [-0.2, -0.15) is 11.8 Å². The molecule has 1 aromatic heterocycles. The van der Waals surface area contributed by atoms with E-state index in [4.69, 9.17) is 5.11 Å². The maximum Gasteiger partial charge on any atom is 0.339 e. The molecular weight excluding hydrogens is 236 g/mol. The molecule has 92 valence electrons. The summed E-state index contributed by atoms with van der Waals surface area (Å²) in [7, 11) is 0. The Bertz CT molecular complexity index is 417. The van der Waals surface area contributed by atoms with Crippen molar-refractivity contribution in [2.24, 2.45) is 0 Å². The van der Waals surface area contributed by atoms with E-state index in [2.05, 4.69) is 10.3 Å². The van der Waals surface area contributed by atoms with Gasteiger partial charge in [0.2, 0.25) is 0 Å². The molecule has 5 heteroatoms. The highest BCUT2D eigenvalue weighted by Crippen LogP contribution is 2.22. The first-order chi connectivity index (χ1) is 8.16. The molecule has 4 nitrogen and oxygen atoms in total. The fraction of sp³-hybridized carbons (Fsp3) is 0.500. The van der Waals surface area contributed by atoms with Crippen LogP contribution in [0.3, 0.4) is 0 Å². The highest BCUT2D eigenvalue weighted by molar-refractivity contribution is 7.99. The number of pyridine rings is 1. The van der Waals surface area contributed by atoms with Gasteiger partial charge in [0.05, 0.1) is 0 Å². The number of aromatic carboxylic acids is 1. The van der Waals surface area contributed by atoms with Crippen molar-refractivity contribution in [3.8, 4) is 0 Å². The van der Waals surface area contributed by atoms with Crippen LogP contribution in [-0.2, 0) is 0 Å². The number of carbonyl (C=O) groups is 1. The zero-order valence-corrected chi connectivity index (χ0v) is 10.6. The second-order valence-corrected chi connectivity index (χ2v) is 5.41. The lowest BCUT2D eigenvalue weighted by molar-refractivity contribution is 0.0697. The number of rotatable bonds is 3. The molecule has 0 saturated carbocycles. The number of carboxylic acids is 1. The van der Waals surface area contributed by atoms with Gasteiger partial charge in [0.25, 0.3) is 0 Å². The minimum atomic E-state index is -0.926. The van der Waals surface area contributed by atoms with Crippen LogP contribution in [0.2, 0.25) is 0 Å². The van der Waals surface area contributed by atoms with E-state index in [-0.39, 0.29) is 5.56 Å². The number of nitrogens with zero attached hydrogens (tertiary/aromatic N) is 1. The molecule has 1 saturated heterocycles. The first kappa shape index (κ1) is 12.2. The molecule has 1 aliphatic rings. The van der Waals surface area contributed by atoms with Gasteiger partial charge in [0, 0.05) is 11.7 Å². The second-order valence-electron chi connectivity index (χ2n) is 4.18. The summed E-state index contributed by atoms with van der Waals surface area (Å²) in [6.45, 7) is 1.87. The van der Waals surface area contributed by atoms with Crippen LogP contribution in [0.4, 0.5) is 5.82 Å². The van der Waals surface area contributed by atoms with Crippen molar-refractivity contribution in [2.45, 2.75) is 25.8 Å². The second kappa shape index (κ2) is 5.40. The van der Waals surface area contributed by atoms with Gasteiger partial charge in [-0.15, -0.1) is 0 Å². The van der Waals surface area contributed by atoms with Crippen molar-refractivity contribution < 1.29 is 9.90 Å². The molecule has 0 aliphatic carbocycles. The summed E-state index contributed by atoms with van der Waals surface area (Å²) in [5, 5.41) is 12.4. The Morgan fingerprint density at radius 1 is 1.47 bits per heavy atom. The summed E-state index contributed by atoms with van der Waals surface area (Å²) in [6, 6.07) is 3.69. The number of aromatic nitrogens is 1. The summed E-state index contributed by atoms with van der Waals surface area (Å²) in [5.41, 5.74) is 1.09. The molecule has 2 N–H and O–H groups in total. The summed E-state index contributed by atoms with van der Waals surface area (Å²) < 4.78 is 0. The maximum absolute atomic E-state index is 11.1. The zero-order chi connectivity index (χ0) is 12.3. The van der Waals surface area contributed by atoms with Gasteiger partial charge in [0.1, 0.15) is 11.4 Å². The molecule has 0 radical (unpaired) electrons. The van der Waals surface area contributed by atoms with Crippen LogP contribution in [0, 0.1) is 6.92 Å².